The lowest BCUT2D eigenvalue weighted by molar-refractivity contribution is -0.122. The average Bonchev–Trinajstić information content (AvgIpc) is 3.15. The lowest BCUT2D eigenvalue weighted by atomic mass is 10.2. The molecule has 2 N–H and O–H groups in total. The first-order valence-corrected chi connectivity index (χ1v) is 8.56. The molecule has 0 aliphatic carbocycles. The Kier molecular flexibility index (Phi) is 7.56. The van der Waals surface area contributed by atoms with Crippen LogP contribution in [0.1, 0.15) is 24.0 Å². The Labute approximate surface area is 159 Å². The summed E-state index contributed by atoms with van der Waals surface area (Å²) in [6.45, 7) is 1.97. The van der Waals surface area contributed by atoms with Gasteiger partial charge in [-0.25, -0.2) is 0 Å². The van der Waals surface area contributed by atoms with Gasteiger partial charge in [-0.2, -0.15) is 0 Å². The zero-order valence-electron chi connectivity index (χ0n) is 13.8. The Morgan fingerprint density at radius 2 is 1.80 bits per heavy atom. The van der Waals surface area contributed by atoms with Gasteiger partial charge in [-0.05, 0) is 54.8 Å². The summed E-state index contributed by atoms with van der Waals surface area (Å²) in [4.78, 5) is 12.0. The third kappa shape index (κ3) is 5.92. The number of rotatable bonds is 6. The lowest BCUT2D eigenvalue weighted by Gasteiger charge is -2.11. The molecule has 1 saturated heterocycles. The predicted molar refractivity (Wildman–Crippen MR) is 102 cm³/mol. The normalized spacial score (nSPS) is 16.1. The maximum absolute atomic E-state index is 12.0. The SMILES string of the molecule is Cl.O=C(NCc1ccc(OCc2ccc(Cl)cc2)cc1)[C@@H]1CCCN1. The first-order chi connectivity index (χ1) is 11.7. The van der Waals surface area contributed by atoms with E-state index in [1.165, 1.54) is 0 Å². The highest BCUT2D eigenvalue weighted by Crippen LogP contribution is 2.16. The molecule has 25 heavy (non-hydrogen) atoms. The van der Waals surface area contributed by atoms with Crippen molar-refractivity contribution in [1.82, 2.24) is 10.6 Å². The summed E-state index contributed by atoms with van der Waals surface area (Å²) in [5, 5.41) is 6.89. The fourth-order valence-electron chi connectivity index (χ4n) is 2.67. The number of hydrogen-bond acceptors (Lipinski definition) is 3. The molecule has 2 aromatic carbocycles. The summed E-state index contributed by atoms with van der Waals surface area (Å²) >= 11 is 5.86. The number of nitrogens with one attached hydrogen (secondary N) is 2. The van der Waals surface area contributed by atoms with Crippen LogP contribution in [0.5, 0.6) is 5.75 Å². The Morgan fingerprint density at radius 1 is 1.12 bits per heavy atom. The minimum absolute atomic E-state index is 0. The molecule has 1 amide bonds. The molecule has 0 unspecified atom stereocenters. The first kappa shape index (κ1) is 19.6. The molecule has 1 aliphatic rings. The molecule has 1 atom stereocenters. The van der Waals surface area contributed by atoms with E-state index < -0.39 is 0 Å². The van der Waals surface area contributed by atoms with Crippen molar-refractivity contribution in [3.8, 4) is 5.75 Å². The second-order valence-electron chi connectivity index (χ2n) is 5.93. The zero-order valence-corrected chi connectivity index (χ0v) is 15.4. The number of carbonyl (C=O) groups is 1. The van der Waals surface area contributed by atoms with Crippen molar-refractivity contribution < 1.29 is 9.53 Å². The number of hydrogen-bond donors (Lipinski definition) is 2. The van der Waals surface area contributed by atoms with Crippen LogP contribution in [0.15, 0.2) is 48.5 Å². The first-order valence-electron chi connectivity index (χ1n) is 8.18. The highest BCUT2D eigenvalue weighted by Gasteiger charge is 2.21. The third-order valence-electron chi connectivity index (χ3n) is 4.09. The van der Waals surface area contributed by atoms with Gasteiger partial charge in [0, 0.05) is 11.6 Å². The van der Waals surface area contributed by atoms with Crippen molar-refractivity contribution in [2.24, 2.45) is 0 Å². The van der Waals surface area contributed by atoms with Crippen LogP contribution >= 0.6 is 24.0 Å². The number of benzene rings is 2. The molecule has 2 aromatic rings. The highest BCUT2D eigenvalue weighted by molar-refractivity contribution is 6.30. The summed E-state index contributed by atoms with van der Waals surface area (Å²) in [5.41, 5.74) is 2.12. The van der Waals surface area contributed by atoms with Crippen LogP contribution < -0.4 is 15.4 Å². The van der Waals surface area contributed by atoms with E-state index in [9.17, 15) is 4.79 Å². The van der Waals surface area contributed by atoms with Crippen LogP contribution in [0.4, 0.5) is 0 Å². The molecule has 134 valence electrons. The Morgan fingerprint density at radius 3 is 2.44 bits per heavy atom. The maximum atomic E-state index is 12.0. The average molecular weight is 381 g/mol. The fourth-order valence-corrected chi connectivity index (χ4v) is 2.80. The fraction of sp³-hybridized carbons (Fsp3) is 0.316. The molecular formula is C19H22Cl2N2O2. The minimum Gasteiger partial charge on any atom is -0.489 e. The van der Waals surface area contributed by atoms with Gasteiger partial charge in [0.1, 0.15) is 12.4 Å². The summed E-state index contributed by atoms with van der Waals surface area (Å²) in [6, 6.07) is 15.4. The van der Waals surface area contributed by atoms with Gasteiger partial charge >= 0.3 is 0 Å². The van der Waals surface area contributed by atoms with Crippen molar-refractivity contribution in [2.75, 3.05) is 6.54 Å². The van der Waals surface area contributed by atoms with E-state index in [1.807, 2.05) is 48.5 Å². The van der Waals surface area contributed by atoms with Crippen molar-refractivity contribution in [2.45, 2.75) is 32.0 Å². The summed E-state index contributed by atoms with van der Waals surface area (Å²) in [6.07, 6.45) is 1.99. The molecule has 3 rings (SSSR count). The molecular weight excluding hydrogens is 359 g/mol. The van der Waals surface area contributed by atoms with E-state index in [0.717, 1.165) is 41.3 Å². The van der Waals surface area contributed by atoms with Gasteiger partial charge in [-0.15, -0.1) is 12.4 Å². The molecule has 6 heteroatoms. The van der Waals surface area contributed by atoms with Crippen LogP contribution in [0, 0.1) is 0 Å². The summed E-state index contributed by atoms with van der Waals surface area (Å²) in [5.74, 6) is 0.882. The van der Waals surface area contributed by atoms with Gasteiger partial charge in [0.05, 0.1) is 6.04 Å². The van der Waals surface area contributed by atoms with Crippen LogP contribution in [-0.4, -0.2) is 18.5 Å². The lowest BCUT2D eigenvalue weighted by Crippen LogP contribution is -2.39. The van der Waals surface area contributed by atoms with Gasteiger partial charge < -0.3 is 15.4 Å². The Hall–Kier alpha value is -1.75. The Bertz CT molecular complexity index is 669. The second-order valence-corrected chi connectivity index (χ2v) is 6.36. The van der Waals surface area contributed by atoms with E-state index in [0.29, 0.717) is 13.2 Å². The standard InChI is InChI=1S/C19H21ClN2O2.ClH/c20-16-7-3-15(4-8-16)13-24-17-9-5-14(6-10-17)12-22-19(23)18-2-1-11-21-18;/h3-10,18,21H,1-2,11-13H2,(H,22,23);1H/t18-;/m0./s1. The molecule has 1 aliphatic heterocycles. The number of amides is 1. The molecule has 0 spiro atoms. The van der Waals surface area contributed by atoms with Crippen LogP contribution in [0.2, 0.25) is 5.02 Å². The number of carbonyl (C=O) groups excluding carboxylic acids is 1. The third-order valence-corrected chi connectivity index (χ3v) is 4.34. The van der Waals surface area contributed by atoms with E-state index in [2.05, 4.69) is 10.6 Å². The van der Waals surface area contributed by atoms with Gasteiger partial charge in [0.25, 0.3) is 0 Å². The van der Waals surface area contributed by atoms with E-state index >= 15 is 0 Å². The van der Waals surface area contributed by atoms with Gasteiger partial charge in [0.15, 0.2) is 0 Å². The summed E-state index contributed by atoms with van der Waals surface area (Å²) < 4.78 is 5.75. The largest absolute Gasteiger partial charge is 0.489 e. The molecule has 4 nitrogen and oxygen atoms in total. The monoisotopic (exact) mass is 380 g/mol. The van der Waals surface area contributed by atoms with Crippen molar-refractivity contribution >= 4 is 29.9 Å². The second kappa shape index (κ2) is 9.66. The molecule has 0 bridgehead atoms. The molecule has 0 aromatic heterocycles. The zero-order chi connectivity index (χ0) is 16.8. The van der Waals surface area contributed by atoms with E-state index in [4.69, 9.17) is 16.3 Å². The highest BCUT2D eigenvalue weighted by atomic mass is 35.5. The quantitative estimate of drug-likeness (QED) is 0.802. The van der Waals surface area contributed by atoms with Gasteiger partial charge in [-0.1, -0.05) is 35.9 Å². The summed E-state index contributed by atoms with van der Waals surface area (Å²) in [7, 11) is 0. The number of ether oxygens (including phenoxy) is 1. The molecule has 1 heterocycles. The van der Waals surface area contributed by atoms with E-state index in [-0.39, 0.29) is 24.4 Å². The van der Waals surface area contributed by atoms with Crippen LogP contribution in [0.25, 0.3) is 0 Å². The van der Waals surface area contributed by atoms with Crippen molar-refractivity contribution in [3.63, 3.8) is 0 Å². The van der Waals surface area contributed by atoms with Gasteiger partial charge in [-0.3, -0.25) is 4.79 Å². The minimum atomic E-state index is -0.0352. The van der Waals surface area contributed by atoms with Crippen LogP contribution in [0.3, 0.4) is 0 Å². The van der Waals surface area contributed by atoms with Crippen molar-refractivity contribution in [1.29, 1.82) is 0 Å². The number of halogens is 2. The predicted octanol–water partition coefficient (Wildman–Crippen LogP) is 3.71. The van der Waals surface area contributed by atoms with Gasteiger partial charge in [0.2, 0.25) is 5.91 Å². The maximum Gasteiger partial charge on any atom is 0.237 e. The molecule has 0 saturated carbocycles. The molecule has 1 fully saturated rings. The van der Waals surface area contributed by atoms with E-state index in [1.54, 1.807) is 0 Å². The topological polar surface area (TPSA) is 50.4 Å². The van der Waals surface area contributed by atoms with Crippen LogP contribution in [-0.2, 0) is 17.9 Å². The van der Waals surface area contributed by atoms with Crippen molar-refractivity contribution in [3.05, 3.63) is 64.7 Å². The Balaban J connectivity index is 0.00000225. The smallest absolute Gasteiger partial charge is 0.237 e. The molecule has 0 radical (unpaired) electrons.